The number of ether oxygens (including phenoxy) is 1. The SMILES string of the molecule is CC[C@@H](NC1=CCOCC1)C(=O)Nc1ccc(Cl)nc1Cl. The molecule has 0 bridgehead atoms. The van der Waals surface area contributed by atoms with Crippen LogP contribution in [0.3, 0.4) is 0 Å². The number of nitrogens with one attached hydrogen (secondary N) is 2. The molecule has 0 unspecified atom stereocenters. The van der Waals surface area contributed by atoms with Crippen molar-refractivity contribution in [3.05, 3.63) is 34.2 Å². The summed E-state index contributed by atoms with van der Waals surface area (Å²) in [6, 6.07) is 2.88. The Hall–Kier alpha value is -1.30. The summed E-state index contributed by atoms with van der Waals surface area (Å²) in [5, 5.41) is 6.47. The largest absolute Gasteiger partial charge is 0.377 e. The lowest BCUT2D eigenvalue weighted by Crippen LogP contribution is -2.40. The van der Waals surface area contributed by atoms with Gasteiger partial charge in [-0.1, -0.05) is 30.1 Å². The molecular formula is C14H17Cl2N3O2. The average Bonchev–Trinajstić information content (AvgIpc) is 2.48. The van der Waals surface area contributed by atoms with Crippen molar-refractivity contribution in [2.75, 3.05) is 18.5 Å². The number of hydrogen-bond donors (Lipinski definition) is 2. The molecule has 21 heavy (non-hydrogen) atoms. The smallest absolute Gasteiger partial charge is 0.246 e. The molecule has 0 fully saturated rings. The highest BCUT2D eigenvalue weighted by Gasteiger charge is 2.19. The van der Waals surface area contributed by atoms with Crippen LogP contribution in [0.1, 0.15) is 19.8 Å². The van der Waals surface area contributed by atoms with Gasteiger partial charge in [0.05, 0.1) is 18.9 Å². The van der Waals surface area contributed by atoms with E-state index in [0.717, 1.165) is 12.1 Å². The number of nitrogens with zero attached hydrogens (tertiary/aromatic N) is 1. The quantitative estimate of drug-likeness (QED) is 0.815. The third-order valence-electron chi connectivity index (χ3n) is 3.12. The zero-order valence-corrected chi connectivity index (χ0v) is 13.2. The van der Waals surface area contributed by atoms with Gasteiger partial charge in [-0.05, 0) is 24.6 Å². The van der Waals surface area contributed by atoms with E-state index in [1.54, 1.807) is 12.1 Å². The highest BCUT2D eigenvalue weighted by Crippen LogP contribution is 2.22. The Bertz CT molecular complexity index is 549. The summed E-state index contributed by atoms with van der Waals surface area (Å²) in [4.78, 5) is 16.2. The Kier molecular flexibility index (Phi) is 5.85. The van der Waals surface area contributed by atoms with E-state index in [0.29, 0.717) is 25.3 Å². The number of anilines is 1. The second kappa shape index (κ2) is 7.64. The van der Waals surface area contributed by atoms with E-state index in [4.69, 9.17) is 27.9 Å². The first-order chi connectivity index (χ1) is 10.1. The molecule has 2 N–H and O–H groups in total. The van der Waals surface area contributed by atoms with Crippen LogP contribution in [0.5, 0.6) is 0 Å². The molecule has 7 heteroatoms. The Morgan fingerprint density at radius 1 is 1.48 bits per heavy atom. The highest BCUT2D eigenvalue weighted by atomic mass is 35.5. The fourth-order valence-corrected chi connectivity index (χ4v) is 2.35. The Labute approximate surface area is 133 Å². The lowest BCUT2D eigenvalue weighted by molar-refractivity contribution is -0.118. The van der Waals surface area contributed by atoms with Gasteiger partial charge in [0.15, 0.2) is 5.15 Å². The highest BCUT2D eigenvalue weighted by molar-refractivity contribution is 6.34. The van der Waals surface area contributed by atoms with Gasteiger partial charge in [-0.25, -0.2) is 4.98 Å². The Balaban J connectivity index is 2.00. The van der Waals surface area contributed by atoms with E-state index < -0.39 is 0 Å². The van der Waals surface area contributed by atoms with Gasteiger partial charge in [0.2, 0.25) is 5.91 Å². The van der Waals surface area contributed by atoms with Crippen LogP contribution in [-0.2, 0) is 9.53 Å². The number of carbonyl (C=O) groups is 1. The molecule has 2 heterocycles. The topological polar surface area (TPSA) is 63.2 Å². The fraction of sp³-hybridized carbons (Fsp3) is 0.429. The van der Waals surface area contributed by atoms with E-state index in [-0.39, 0.29) is 22.3 Å². The van der Waals surface area contributed by atoms with Crippen LogP contribution >= 0.6 is 23.2 Å². The van der Waals surface area contributed by atoms with E-state index in [1.807, 2.05) is 13.0 Å². The summed E-state index contributed by atoms with van der Waals surface area (Å²) >= 11 is 11.7. The number of amides is 1. The fourth-order valence-electron chi connectivity index (χ4n) is 1.96. The van der Waals surface area contributed by atoms with Gasteiger partial charge in [0.25, 0.3) is 0 Å². The minimum Gasteiger partial charge on any atom is -0.377 e. The maximum atomic E-state index is 12.3. The number of hydrogen-bond acceptors (Lipinski definition) is 4. The molecule has 0 spiro atoms. The van der Waals surface area contributed by atoms with E-state index in [2.05, 4.69) is 15.6 Å². The molecule has 114 valence electrons. The van der Waals surface area contributed by atoms with Crippen LogP contribution < -0.4 is 10.6 Å². The van der Waals surface area contributed by atoms with Gasteiger partial charge < -0.3 is 15.4 Å². The monoisotopic (exact) mass is 329 g/mol. The van der Waals surface area contributed by atoms with Gasteiger partial charge >= 0.3 is 0 Å². The van der Waals surface area contributed by atoms with Gasteiger partial charge in [0.1, 0.15) is 11.2 Å². The molecular weight excluding hydrogens is 313 g/mol. The minimum absolute atomic E-state index is 0.157. The van der Waals surface area contributed by atoms with Gasteiger partial charge in [-0.3, -0.25) is 4.79 Å². The van der Waals surface area contributed by atoms with Gasteiger partial charge in [-0.2, -0.15) is 0 Å². The first kappa shape index (κ1) is 16.1. The first-order valence-corrected chi connectivity index (χ1v) is 7.52. The second-order valence-electron chi connectivity index (χ2n) is 4.62. The van der Waals surface area contributed by atoms with Crippen LogP contribution in [0.25, 0.3) is 0 Å². The van der Waals surface area contributed by atoms with Crippen molar-refractivity contribution in [3.8, 4) is 0 Å². The van der Waals surface area contributed by atoms with E-state index >= 15 is 0 Å². The number of carbonyl (C=O) groups excluding carboxylic acids is 1. The number of pyridine rings is 1. The molecule has 1 aliphatic rings. The molecule has 1 atom stereocenters. The molecule has 1 aromatic heterocycles. The maximum absolute atomic E-state index is 12.3. The zero-order valence-electron chi connectivity index (χ0n) is 11.7. The average molecular weight is 330 g/mol. The van der Waals surface area contributed by atoms with Crippen LogP contribution in [0.2, 0.25) is 10.3 Å². The van der Waals surface area contributed by atoms with Crippen LogP contribution in [0.4, 0.5) is 5.69 Å². The van der Waals surface area contributed by atoms with Gasteiger partial charge in [0, 0.05) is 12.1 Å². The van der Waals surface area contributed by atoms with Crippen molar-refractivity contribution in [2.24, 2.45) is 0 Å². The predicted molar refractivity (Wildman–Crippen MR) is 83.6 cm³/mol. The molecule has 0 aromatic carbocycles. The molecule has 0 saturated carbocycles. The summed E-state index contributed by atoms with van der Waals surface area (Å²) in [6.45, 7) is 3.19. The standard InChI is InChI=1S/C14H17Cl2N3O2/c1-2-10(17-9-5-7-21-8-6-9)14(20)18-11-3-4-12(15)19-13(11)16/h3-5,10,17H,2,6-8H2,1H3,(H,18,20)/t10-/m1/s1. The molecule has 1 aliphatic heterocycles. The second-order valence-corrected chi connectivity index (χ2v) is 5.37. The van der Waals surface area contributed by atoms with E-state index in [1.165, 1.54) is 0 Å². The maximum Gasteiger partial charge on any atom is 0.246 e. The lowest BCUT2D eigenvalue weighted by atomic mass is 10.1. The van der Waals surface area contributed by atoms with Crippen molar-refractivity contribution in [1.82, 2.24) is 10.3 Å². The Morgan fingerprint density at radius 2 is 2.29 bits per heavy atom. The van der Waals surface area contributed by atoms with Gasteiger partial charge in [-0.15, -0.1) is 0 Å². The van der Waals surface area contributed by atoms with Crippen molar-refractivity contribution >= 4 is 34.8 Å². The molecule has 0 saturated heterocycles. The van der Waals surface area contributed by atoms with Crippen LogP contribution in [-0.4, -0.2) is 30.1 Å². The molecule has 0 radical (unpaired) electrons. The summed E-state index contributed by atoms with van der Waals surface area (Å²) < 4.78 is 5.24. The zero-order chi connectivity index (χ0) is 15.2. The lowest BCUT2D eigenvalue weighted by Gasteiger charge is -2.22. The van der Waals surface area contributed by atoms with Crippen molar-refractivity contribution in [1.29, 1.82) is 0 Å². The summed E-state index contributed by atoms with van der Waals surface area (Å²) in [7, 11) is 0. The molecule has 2 rings (SSSR count). The van der Waals surface area contributed by atoms with Crippen molar-refractivity contribution in [3.63, 3.8) is 0 Å². The van der Waals surface area contributed by atoms with Crippen molar-refractivity contribution < 1.29 is 9.53 Å². The molecule has 1 aromatic rings. The normalized spacial score (nSPS) is 16.0. The predicted octanol–water partition coefficient (Wildman–Crippen LogP) is 3.00. The number of rotatable bonds is 5. The number of halogens is 2. The van der Waals surface area contributed by atoms with Crippen LogP contribution in [0.15, 0.2) is 23.9 Å². The third kappa shape index (κ3) is 4.59. The molecule has 1 amide bonds. The summed E-state index contributed by atoms with van der Waals surface area (Å²) in [5.74, 6) is -0.157. The molecule has 0 aliphatic carbocycles. The number of aromatic nitrogens is 1. The summed E-state index contributed by atoms with van der Waals surface area (Å²) in [5.41, 5.74) is 1.48. The molecule has 5 nitrogen and oxygen atoms in total. The summed E-state index contributed by atoms with van der Waals surface area (Å²) in [6.07, 6.45) is 3.39. The minimum atomic E-state index is -0.332. The Morgan fingerprint density at radius 3 is 2.90 bits per heavy atom. The van der Waals surface area contributed by atoms with Crippen molar-refractivity contribution in [2.45, 2.75) is 25.8 Å². The van der Waals surface area contributed by atoms with E-state index in [9.17, 15) is 4.79 Å². The first-order valence-electron chi connectivity index (χ1n) is 6.76. The van der Waals surface area contributed by atoms with Crippen LogP contribution in [0, 0.1) is 0 Å². The third-order valence-corrected chi connectivity index (χ3v) is 3.62.